The van der Waals surface area contributed by atoms with Crippen molar-refractivity contribution >= 4 is 5.78 Å². The average molecular weight is 387 g/mol. The second-order valence-electron chi connectivity index (χ2n) is 8.46. The number of carbonyl (C=O) groups excluding carboxylic acids is 1. The summed E-state index contributed by atoms with van der Waals surface area (Å²) in [6.45, 7) is 3.88. The Bertz CT molecular complexity index is 454. The van der Waals surface area contributed by atoms with Gasteiger partial charge in [0.2, 0.25) is 0 Å². The van der Waals surface area contributed by atoms with Crippen LogP contribution in [0.1, 0.15) is 71.6 Å². The van der Waals surface area contributed by atoms with Crippen LogP contribution in [-0.4, -0.2) is 63.3 Å². The molecule has 6 nitrogen and oxygen atoms in total. The number of unbranched alkanes of at least 4 members (excludes halogenated alkanes) is 3. The number of Topliss-reactive ketones (excluding diaryl/α,β-unsaturated/α-hetero) is 1. The van der Waals surface area contributed by atoms with Crippen molar-refractivity contribution in [3.05, 3.63) is 0 Å². The Hall–Kier alpha value is -0.530. The third kappa shape index (κ3) is 5.51. The molecule has 0 radical (unpaired) electrons. The molecule has 1 aliphatic heterocycles. The van der Waals surface area contributed by atoms with Crippen molar-refractivity contribution in [3.63, 3.8) is 0 Å². The van der Waals surface area contributed by atoms with E-state index in [2.05, 4.69) is 13.8 Å². The largest absolute Gasteiger partial charge is 0.394 e. The SMILES string of the molecule is CCCCCC1CC(=O)C(C2OC(CO)C(O)C(O)C2O)CC1CCCC. The molecule has 1 saturated carbocycles. The molecule has 1 saturated heterocycles. The van der Waals surface area contributed by atoms with E-state index < -0.39 is 43.0 Å². The van der Waals surface area contributed by atoms with Gasteiger partial charge in [-0.05, 0) is 24.7 Å². The van der Waals surface area contributed by atoms with Gasteiger partial charge in [-0.3, -0.25) is 4.79 Å². The summed E-state index contributed by atoms with van der Waals surface area (Å²) in [5.74, 6) is 0.391. The zero-order chi connectivity index (χ0) is 20.0. The lowest BCUT2D eigenvalue weighted by molar-refractivity contribution is -0.242. The molecule has 0 spiro atoms. The van der Waals surface area contributed by atoms with Crippen LogP contribution >= 0.6 is 0 Å². The number of rotatable bonds is 9. The second-order valence-corrected chi connectivity index (χ2v) is 8.46. The first-order valence-electron chi connectivity index (χ1n) is 10.8. The van der Waals surface area contributed by atoms with E-state index in [1.807, 2.05) is 0 Å². The van der Waals surface area contributed by atoms with Crippen LogP contribution in [0.15, 0.2) is 0 Å². The summed E-state index contributed by atoms with van der Waals surface area (Å²) in [6.07, 6.45) is 3.06. The van der Waals surface area contributed by atoms with Crippen LogP contribution in [-0.2, 0) is 9.53 Å². The number of ketones is 1. The van der Waals surface area contributed by atoms with E-state index in [0.717, 1.165) is 38.5 Å². The molecule has 0 aromatic rings. The molecule has 0 amide bonds. The molecule has 1 aliphatic carbocycles. The van der Waals surface area contributed by atoms with Gasteiger partial charge < -0.3 is 25.2 Å². The Labute approximate surface area is 162 Å². The van der Waals surface area contributed by atoms with Crippen molar-refractivity contribution in [2.24, 2.45) is 17.8 Å². The van der Waals surface area contributed by atoms with Gasteiger partial charge in [0.15, 0.2) is 0 Å². The van der Waals surface area contributed by atoms with E-state index in [9.17, 15) is 25.2 Å². The molecule has 27 heavy (non-hydrogen) atoms. The molecule has 4 N–H and O–H groups in total. The van der Waals surface area contributed by atoms with Gasteiger partial charge in [-0.1, -0.05) is 52.4 Å². The Morgan fingerprint density at radius 2 is 1.59 bits per heavy atom. The lowest BCUT2D eigenvalue weighted by Crippen LogP contribution is -2.61. The Balaban J connectivity index is 2.10. The number of aliphatic hydroxyl groups excluding tert-OH is 4. The van der Waals surface area contributed by atoms with E-state index in [1.165, 1.54) is 6.42 Å². The zero-order valence-electron chi connectivity index (χ0n) is 16.8. The normalized spacial score (nSPS) is 40.3. The highest BCUT2D eigenvalue weighted by molar-refractivity contribution is 5.82. The molecule has 8 atom stereocenters. The van der Waals surface area contributed by atoms with Crippen molar-refractivity contribution in [2.75, 3.05) is 6.61 Å². The van der Waals surface area contributed by atoms with Crippen LogP contribution in [0.25, 0.3) is 0 Å². The summed E-state index contributed by atoms with van der Waals surface area (Å²) < 4.78 is 5.70. The molecule has 158 valence electrons. The highest BCUT2D eigenvalue weighted by Crippen LogP contribution is 2.41. The van der Waals surface area contributed by atoms with Crippen LogP contribution in [0.4, 0.5) is 0 Å². The topological polar surface area (TPSA) is 107 Å². The fourth-order valence-electron chi connectivity index (χ4n) is 4.82. The summed E-state index contributed by atoms with van der Waals surface area (Å²) in [4.78, 5) is 12.9. The van der Waals surface area contributed by atoms with Crippen LogP contribution in [0, 0.1) is 17.8 Å². The quantitative estimate of drug-likeness (QED) is 0.450. The molecule has 2 aliphatic rings. The lowest BCUT2D eigenvalue weighted by atomic mass is 9.67. The third-order valence-electron chi connectivity index (χ3n) is 6.53. The Kier molecular flexibility index (Phi) is 9.16. The van der Waals surface area contributed by atoms with E-state index in [0.29, 0.717) is 24.7 Å². The van der Waals surface area contributed by atoms with E-state index >= 15 is 0 Å². The summed E-state index contributed by atoms with van der Waals surface area (Å²) in [5.41, 5.74) is 0. The van der Waals surface area contributed by atoms with Crippen LogP contribution in [0.3, 0.4) is 0 Å². The number of ether oxygens (including phenoxy) is 1. The van der Waals surface area contributed by atoms with Gasteiger partial charge in [-0.15, -0.1) is 0 Å². The summed E-state index contributed by atoms with van der Waals surface area (Å²) in [7, 11) is 0. The fourth-order valence-corrected chi connectivity index (χ4v) is 4.82. The lowest BCUT2D eigenvalue weighted by Gasteiger charge is -2.46. The van der Waals surface area contributed by atoms with E-state index in [1.54, 1.807) is 0 Å². The molecule has 0 aromatic carbocycles. The molecular weight excluding hydrogens is 348 g/mol. The second kappa shape index (κ2) is 10.9. The molecule has 0 bridgehead atoms. The zero-order valence-corrected chi connectivity index (χ0v) is 16.8. The molecule has 8 unspecified atom stereocenters. The van der Waals surface area contributed by atoms with Crippen LogP contribution in [0.2, 0.25) is 0 Å². The van der Waals surface area contributed by atoms with E-state index in [-0.39, 0.29) is 5.78 Å². The van der Waals surface area contributed by atoms with E-state index in [4.69, 9.17) is 4.74 Å². The number of hydrogen-bond acceptors (Lipinski definition) is 6. The minimum atomic E-state index is -1.41. The third-order valence-corrected chi connectivity index (χ3v) is 6.53. The predicted octanol–water partition coefficient (Wildman–Crippen LogP) is 1.81. The van der Waals surface area contributed by atoms with Crippen molar-refractivity contribution in [2.45, 2.75) is 102 Å². The minimum absolute atomic E-state index is 0.0774. The van der Waals surface area contributed by atoms with Gasteiger partial charge in [0.1, 0.15) is 30.2 Å². The summed E-state index contributed by atoms with van der Waals surface area (Å²) >= 11 is 0. The molecule has 6 heteroatoms. The van der Waals surface area contributed by atoms with Crippen molar-refractivity contribution in [1.29, 1.82) is 0 Å². The van der Waals surface area contributed by atoms with Gasteiger partial charge in [-0.2, -0.15) is 0 Å². The molecule has 2 rings (SSSR count). The first-order valence-corrected chi connectivity index (χ1v) is 10.8. The van der Waals surface area contributed by atoms with Gasteiger partial charge in [0, 0.05) is 12.3 Å². The highest BCUT2D eigenvalue weighted by atomic mass is 16.5. The van der Waals surface area contributed by atoms with Gasteiger partial charge in [0.25, 0.3) is 0 Å². The maximum atomic E-state index is 12.9. The molecular formula is C21H38O6. The minimum Gasteiger partial charge on any atom is -0.394 e. The molecule has 2 fully saturated rings. The van der Waals surface area contributed by atoms with Crippen LogP contribution < -0.4 is 0 Å². The van der Waals surface area contributed by atoms with Gasteiger partial charge in [-0.25, -0.2) is 0 Å². The van der Waals surface area contributed by atoms with Gasteiger partial charge >= 0.3 is 0 Å². The Morgan fingerprint density at radius 1 is 0.926 bits per heavy atom. The monoisotopic (exact) mass is 386 g/mol. The summed E-state index contributed by atoms with van der Waals surface area (Å²) in [6, 6.07) is 0. The molecule has 0 aromatic heterocycles. The average Bonchev–Trinajstić information content (AvgIpc) is 2.66. The standard InChI is InChI=1S/C21H38O6/c1-3-5-7-9-14-11-16(23)15(10-13(14)8-6-4-2)21-20(26)19(25)18(24)17(12-22)27-21/h13-15,17-22,24-26H,3-12H2,1-2H3. The van der Waals surface area contributed by atoms with Crippen molar-refractivity contribution < 1.29 is 30.0 Å². The number of aliphatic hydroxyl groups is 4. The number of carbonyl (C=O) groups is 1. The predicted molar refractivity (Wildman–Crippen MR) is 102 cm³/mol. The highest BCUT2D eigenvalue weighted by Gasteiger charge is 2.50. The van der Waals surface area contributed by atoms with Crippen molar-refractivity contribution in [3.8, 4) is 0 Å². The summed E-state index contributed by atoms with van der Waals surface area (Å²) in [5, 5.41) is 39.9. The Morgan fingerprint density at radius 3 is 2.22 bits per heavy atom. The van der Waals surface area contributed by atoms with Gasteiger partial charge in [0.05, 0.1) is 12.7 Å². The van der Waals surface area contributed by atoms with Crippen LogP contribution in [0.5, 0.6) is 0 Å². The smallest absolute Gasteiger partial charge is 0.138 e. The maximum absolute atomic E-state index is 12.9. The van der Waals surface area contributed by atoms with Crippen molar-refractivity contribution in [1.82, 2.24) is 0 Å². The first kappa shape index (κ1) is 22.8. The molecule has 1 heterocycles. The first-order chi connectivity index (χ1) is 12.9. The number of hydrogen-bond donors (Lipinski definition) is 4. The maximum Gasteiger partial charge on any atom is 0.138 e. The fraction of sp³-hybridized carbons (Fsp3) is 0.952.